The molecule has 1 fully saturated rings. The number of carbonyl (C=O) groups is 2. The molecule has 2 rings (SSSR count). The summed E-state index contributed by atoms with van der Waals surface area (Å²) in [6.07, 6.45) is 0.765. The molecule has 0 aromatic heterocycles. The van der Waals surface area contributed by atoms with E-state index in [1.165, 1.54) is 18.2 Å². The van der Waals surface area contributed by atoms with Gasteiger partial charge in [0.2, 0.25) is 5.91 Å². The molecule has 0 spiro atoms. The Morgan fingerprint density at radius 2 is 2.10 bits per heavy atom. The molecule has 1 aliphatic heterocycles. The van der Waals surface area contributed by atoms with E-state index in [9.17, 15) is 24.9 Å². The summed E-state index contributed by atoms with van der Waals surface area (Å²) in [5.74, 6) is -2.23. The van der Waals surface area contributed by atoms with Crippen molar-refractivity contribution in [2.45, 2.75) is 31.4 Å². The van der Waals surface area contributed by atoms with Crippen LogP contribution in [0.3, 0.4) is 0 Å². The summed E-state index contributed by atoms with van der Waals surface area (Å²) >= 11 is 0. The second-order valence-electron chi connectivity index (χ2n) is 4.93. The van der Waals surface area contributed by atoms with Crippen LogP contribution in [0.2, 0.25) is 0 Å². The highest BCUT2D eigenvalue weighted by Crippen LogP contribution is 2.25. The van der Waals surface area contributed by atoms with Crippen LogP contribution in [0.5, 0.6) is 11.5 Å². The molecule has 4 N–H and O–H groups in total. The molecule has 1 aromatic rings. The topological polar surface area (TPSA) is 116 Å². The van der Waals surface area contributed by atoms with E-state index in [2.05, 4.69) is 5.32 Å². The largest absolute Gasteiger partial charge is 0.504 e. The summed E-state index contributed by atoms with van der Waals surface area (Å²) in [6.45, 7) is 0.502. The number of ether oxygens (including phenoxy) is 1. The average molecular weight is 295 g/mol. The number of hydrogen-bond donors (Lipinski definition) is 4. The van der Waals surface area contributed by atoms with E-state index < -0.39 is 24.0 Å². The number of rotatable bonds is 5. The maximum atomic E-state index is 11.9. The van der Waals surface area contributed by atoms with E-state index in [1.807, 2.05) is 0 Å². The fourth-order valence-corrected chi connectivity index (χ4v) is 2.18. The Hall–Kier alpha value is -2.28. The lowest BCUT2D eigenvalue weighted by Crippen LogP contribution is -2.46. The number of carbonyl (C=O) groups excluding carboxylic acids is 1. The molecule has 2 atom stereocenters. The van der Waals surface area contributed by atoms with Gasteiger partial charge >= 0.3 is 5.97 Å². The van der Waals surface area contributed by atoms with Gasteiger partial charge < -0.3 is 25.4 Å². The molecule has 114 valence electrons. The van der Waals surface area contributed by atoms with Gasteiger partial charge in [-0.2, -0.15) is 0 Å². The summed E-state index contributed by atoms with van der Waals surface area (Å²) in [5, 5.41) is 30.2. The van der Waals surface area contributed by atoms with Crippen molar-refractivity contribution in [1.29, 1.82) is 0 Å². The average Bonchev–Trinajstić information content (AvgIpc) is 2.96. The molecule has 7 heteroatoms. The van der Waals surface area contributed by atoms with Crippen molar-refractivity contribution in [3.05, 3.63) is 23.8 Å². The third-order valence-electron chi connectivity index (χ3n) is 3.32. The zero-order chi connectivity index (χ0) is 15.4. The predicted molar refractivity (Wildman–Crippen MR) is 72.0 cm³/mol. The van der Waals surface area contributed by atoms with Gasteiger partial charge in [-0.3, -0.25) is 4.79 Å². The van der Waals surface area contributed by atoms with Crippen molar-refractivity contribution >= 4 is 11.9 Å². The molecule has 21 heavy (non-hydrogen) atoms. The molecule has 0 aliphatic carbocycles. The molecule has 1 saturated heterocycles. The number of aromatic hydroxyl groups is 2. The van der Waals surface area contributed by atoms with Crippen LogP contribution < -0.4 is 5.32 Å². The highest BCUT2D eigenvalue weighted by molar-refractivity contribution is 5.86. The minimum atomic E-state index is -1.17. The van der Waals surface area contributed by atoms with Crippen molar-refractivity contribution in [3.8, 4) is 11.5 Å². The molecule has 7 nitrogen and oxygen atoms in total. The Morgan fingerprint density at radius 1 is 1.33 bits per heavy atom. The van der Waals surface area contributed by atoms with Crippen molar-refractivity contribution in [3.63, 3.8) is 0 Å². The van der Waals surface area contributed by atoms with E-state index in [1.54, 1.807) is 0 Å². The van der Waals surface area contributed by atoms with Crippen LogP contribution in [0, 0.1) is 0 Å². The van der Waals surface area contributed by atoms with E-state index in [0.717, 1.165) is 6.42 Å². The zero-order valence-corrected chi connectivity index (χ0v) is 11.3. The van der Waals surface area contributed by atoms with Gasteiger partial charge in [0.15, 0.2) is 11.5 Å². The first-order chi connectivity index (χ1) is 9.97. The summed E-state index contributed by atoms with van der Waals surface area (Å²) in [5.41, 5.74) is 0.491. The SMILES string of the molecule is O=C(O)[C@H](Cc1ccc(O)c(O)c1)NC(=O)[C@H]1CCCO1. The molecular formula is C14H17NO6. The van der Waals surface area contributed by atoms with Gasteiger partial charge in [-0.25, -0.2) is 4.79 Å². The molecule has 0 radical (unpaired) electrons. The van der Waals surface area contributed by atoms with Gasteiger partial charge in [-0.1, -0.05) is 6.07 Å². The lowest BCUT2D eigenvalue weighted by atomic mass is 10.0. The third-order valence-corrected chi connectivity index (χ3v) is 3.32. The van der Waals surface area contributed by atoms with Crippen molar-refractivity contribution in [1.82, 2.24) is 5.32 Å². The van der Waals surface area contributed by atoms with Crippen LogP contribution in [0.25, 0.3) is 0 Å². The first kappa shape index (κ1) is 15.1. The monoisotopic (exact) mass is 295 g/mol. The van der Waals surface area contributed by atoms with Gasteiger partial charge in [0.1, 0.15) is 12.1 Å². The Balaban J connectivity index is 2.03. The fraction of sp³-hybridized carbons (Fsp3) is 0.429. The molecule has 1 heterocycles. The number of carboxylic acids is 1. The van der Waals surface area contributed by atoms with Gasteiger partial charge in [0.25, 0.3) is 0 Å². The summed E-state index contributed by atoms with van der Waals surface area (Å²) in [7, 11) is 0. The highest BCUT2D eigenvalue weighted by Gasteiger charge is 2.28. The second kappa shape index (κ2) is 6.45. The standard InChI is InChI=1S/C14H17NO6/c16-10-4-3-8(7-11(10)17)6-9(14(19)20)15-13(18)12-2-1-5-21-12/h3-4,7,9,12,16-17H,1-2,5-6H2,(H,15,18)(H,19,20)/t9-,12+/m0/s1. The first-order valence-electron chi connectivity index (χ1n) is 6.63. The lowest BCUT2D eigenvalue weighted by Gasteiger charge is -2.17. The van der Waals surface area contributed by atoms with E-state index in [4.69, 9.17) is 4.74 Å². The minimum Gasteiger partial charge on any atom is -0.504 e. The normalized spacial score (nSPS) is 19.1. The molecule has 1 aromatic carbocycles. The molecule has 0 saturated carbocycles. The van der Waals surface area contributed by atoms with E-state index in [-0.39, 0.29) is 17.9 Å². The van der Waals surface area contributed by atoms with Crippen LogP contribution >= 0.6 is 0 Å². The number of carboxylic acid groups (broad SMARTS) is 1. The van der Waals surface area contributed by atoms with Crippen LogP contribution in [0.15, 0.2) is 18.2 Å². The Kier molecular flexibility index (Phi) is 4.64. The third kappa shape index (κ3) is 3.85. The number of amides is 1. The highest BCUT2D eigenvalue weighted by atomic mass is 16.5. The maximum absolute atomic E-state index is 11.9. The molecule has 1 amide bonds. The number of hydrogen-bond acceptors (Lipinski definition) is 5. The molecule has 0 unspecified atom stereocenters. The van der Waals surface area contributed by atoms with Crippen LogP contribution in [-0.4, -0.2) is 45.9 Å². The van der Waals surface area contributed by atoms with Crippen molar-refractivity contribution < 1.29 is 29.6 Å². The number of aliphatic carboxylic acids is 1. The number of nitrogens with one attached hydrogen (secondary N) is 1. The van der Waals surface area contributed by atoms with Crippen molar-refractivity contribution in [2.75, 3.05) is 6.61 Å². The molecular weight excluding hydrogens is 278 g/mol. The number of phenolic OH excluding ortho intramolecular Hbond substituents is 2. The van der Waals surface area contributed by atoms with E-state index >= 15 is 0 Å². The summed E-state index contributed by atoms with van der Waals surface area (Å²) in [4.78, 5) is 23.1. The summed E-state index contributed by atoms with van der Waals surface area (Å²) in [6, 6.07) is 2.91. The van der Waals surface area contributed by atoms with Gasteiger partial charge in [-0.05, 0) is 30.5 Å². The molecule has 1 aliphatic rings. The lowest BCUT2D eigenvalue weighted by molar-refractivity contribution is -0.143. The zero-order valence-electron chi connectivity index (χ0n) is 11.3. The summed E-state index contributed by atoms with van der Waals surface area (Å²) < 4.78 is 5.20. The Morgan fingerprint density at radius 3 is 2.67 bits per heavy atom. The van der Waals surface area contributed by atoms with Gasteiger partial charge in [0, 0.05) is 13.0 Å². The minimum absolute atomic E-state index is 0.00162. The fourth-order valence-electron chi connectivity index (χ4n) is 2.18. The van der Waals surface area contributed by atoms with Gasteiger partial charge in [-0.15, -0.1) is 0 Å². The predicted octanol–water partition coefficient (Wildman–Crippen LogP) is 0.389. The number of benzene rings is 1. The van der Waals surface area contributed by atoms with Crippen LogP contribution in [0.1, 0.15) is 18.4 Å². The van der Waals surface area contributed by atoms with Crippen LogP contribution in [0.4, 0.5) is 0 Å². The first-order valence-corrected chi connectivity index (χ1v) is 6.63. The van der Waals surface area contributed by atoms with Crippen LogP contribution in [-0.2, 0) is 20.7 Å². The molecule has 0 bridgehead atoms. The Labute approximate surface area is 121 Å². The van der Waals surface area contributed by atoms with Crippen molar-refractivity contribution in [2.24, 2.45) is 0 Å². The van der Waals surface area contributed by atoms with Gasteiger partial charge in [0.05, 0.1) is 0 Å². The maximum Gasteiger partial charge on any atom is 0.326 e. The quantitative estimate of drug-likeness (QED) is 0.584. The van der Waals surface area contributed by atoms with E-state index in [0.29, 0.717) is 18.6 Å². The number of phenols is 2. The Bertz CT molecular complexity index is 538. The second-order valence-corrected chi connectivity index (χ2v) is 4.93. The smallest absolute Gasteiger partial charge is 0.326 e.